The largest absolute Gasteiger partial charge is 0.466 e. The van der Waals surface area contributed by atoms with Crippen molar-refractivity contribution in [3.8, 4) is 0 Å². The second kappa shape index (κ2) is 72.3. The molecule has 0 saturated heterocycles. The third-order valence-electron chi connectivity index (χ3n) is 17.3. The van der Waals surface area contributed by atoms with Gasteiger partial charge in [-0.05, 0) is 83.5 Å². The molecular weight excluding hydrogens is 1020 g/mol. The minimum absolute atomic E-state index is 0.00103. The summed E-state index contributed by atoms with van der Waals surface area (Å²) in [6, 6.07) is -0.541. The van der Waals surface area contributed by atoms with E-state index in [2.05, 4.69) is 67.8 Å². The van der Waals surface area contributed by atoms with Crippen molar-refractivity contribution in [3.63, 3.8) is 0 Å². The Bertz CT molecular complexity index is 1390. The summed E-state index contributed by atoms with van der Waals surface area (Å²) in [5.74, 6) is -0.0301. The van der Waals surface area contributed by atoms with E-state index in [1.54, 1.807) is 0 Å². The third kappa shape index (κ3) is 68.8. The lowest BCUT2D eigenvalue weighted by molar-refractivity contribution is -0.143. The van der Waals surface area contributed by atoms with Crippen LogP contribution in [0.3, 0.4) is 0 Å². The van der Waals surface area contributed by atoms with Crippen LogP contribution in [0.2, 0.25) is 0 Å². The molecule has 1 amide bonds. The van der Waals surface area contributed by atoms with Crippen molar-refractivity contribution in [1.29, 1.82) is 0 Å². The predicted molar refractivity (Wildman–Crippen MR) is 366 cm³/mol. The van der Waals surface area contributed by atoms with Crippen LogP contribution in [-0.2, 0) is 14.3 Å². The maximum absolute atomic E-state index is 12.6. The van der Waals surface area contributed by atoms with Crippen LogP contribution in [0.1, 0.15) is 406 Å². The number of amides is 1. The Kier molecular flexibility index (Phi) is 70.4. The molecule has 0 aromatic carbocycles. The quantitative estimate of drug-likeness (QED) is 0.0320. The molecule has 0 radical (unpaired) electrons. The summed E-state index contributed by atoms with van der Waals surface area (Å²) in [5.41, 5.74) is 0. The predicted octanol–water partition coefficient (Wildman–Crippen LogP) is 24.4. The summed E-state index contributed by atoms with van der Waals surface area (Å²) in [7, 11) is 0. The summed E-state index contributed by atoms with van der Waals surface area (Å²) in [6.07, 6.45) is 94.7. The number of allylic oxidation sites excluding steroid dienone is 8. The molecule has 83 heavy (non-hydrogen) atoms. The molecule has 6 heteroatoms. The van der Waals surface area contributed by atoms with Crippen LogP contribution in [0, 0.1) is 0 Å². The number of aliphatic hydroxyl groups is 2. The molecule has 0 fully saturated rings. The number of rotatable bonds is 70. The number of carbonyl (C=O) groups is 2. The van der Waals surface area contributed by atoms with Crippen molar-refractivity contribution in [2.75, 3.05) is 13.2 Å². The first-order valence-corrected chi connectivity index (χ1v) is 37.4. The minimum atomic E-state index is -0.664. The van der Waals surface area contributed by atoms with E-state index in [1.807, 2.05) is 0 Å². The van der Waals surface area contributed by atoms with E-state index in [4.69, 9.17) is 4.74 Å². The molecule has 0 saturated carbocycles. The number of nitrogens with one attached hydrogen (secondary N) is 1. The van der Waals surface area contributed by atoms with E-state index in [1.165, 1.54) is 315 Å². The van der Waals surface area contributed by atoms with Crippen molar-refractivity contribution >= 4 is 11.9 Å². The van der Waals surface area contributed by atoms with E-state index in [0.29, 0.717) is 25.9 Å². The monoisotopic (exact) mass is 1160 g/mol. The summed E-state index contributed by atoms with van der Waals surface area (Å²) in [5, 5.41) is 23.4. The number of esters is 1. The second-order valence-electron chi connectivity index (χ2n) is 25.6. The number of unbranched alkanes of at least 4 members (excludes halogenated alkanes) is 51. The normalized spacial score (nSPS) is 12.8. The third-order valence-corrected chi connectivity index (χ3v) is 17.3. The van der Waals surface area contributed by atoms with E-state index in [-0.39, 0.29) is 18.5 Å². The topological polar surface area (TPSA) is 95.9 Å². The zero-order chi connectivity index (χ0) is 59.9. The molecule has 2 unspecified atom stereocenters. The Balaban J connectivity index is 3.39. The molecule has 2 atom stereocenters. The van der Waals surface area contributed by atoms with Crippen LogP contribution in [0.5, 0.6) is 0 Å². The fourth-order valence-corrected chi connectivity index (χ4v) is 11.7. The van der Waals surface area contributed by atoms with Crippen molar-refractivity contribution in [2.24, 2.45) is 0 Å². The van der Waals surface area contributed by atoms with Crippen molar-refractivity contribution in [2.45, 2.75) is 418 Å². The number of aliphatic hydroxyl groups excluding tert-OH is 2. The lowest BCUT2D eigenvalue weighted by Crippen LogP contribution is -2.45. The molecule has 6 nitrogen and oxygen atoms in total. The van der Waals surface area contributed by atoms with E-state index in [9.17, 15) is 19.8 Å². The van der Waals surface area contributed by atoms with Crippen LogP contribution in [0.4, 0.5) is 0 Å². The molecule has 0 rings (SSSR count). The van der Waals surface area contributed by atoms with Gasteiger partial charge in [0.05, 0.1) is 25.4 Å². The highest BCUT2D eigenvalue weighted by molar-refractivity contribution is 5.76. The van der Waals surface area contributed by atoms with Gasteiger partial charge in [-0.1, -0.05) is 358 Å². The maximum Gasteiger partial charge on any atom is 0.305 e. The highest BCUT2D eigenvalue weighted by atomic mass is 16.5. The molecular formula is C77H145NO5. The molecule has 0 bridgehead atoms. The smallest absolute Gasteiger partial charge is 0.305 e. The van der Waals surface area contributed by atoms with Crippen LogP contribution >= 0.6 is 0 Å². The first-order valence-electron chi connectivity index (χ1n) is 37.4. The Hall–Kier alpha value is -2.18. The van der Waals surface area contributed by atoms with E-state index in [0.717, 1.165) is 57.8 Å². The summed E-state index contributed by atoms with van der Waals surface area (Å²) >= 11 is 0. The highest BCUT2D eigenvalue weighted by Gasteiger charge is 2.20. The number of hydrogen-bond donors (Lipinski definition) is 3. The van der Waals surface area contributed by atoms with Gasteiger partial charge < -0.3 is 20.3 Å². The number of hydrogen-bond acceptors (Lipinski definition) is 5. The zero-order valence-corrected chi connectivity index (χ0v) is 55.9. The molecule has 0 aliphatic heterocycles. The van der Waals surface area contributed by atoms with Gasteiger partial charge in [0, 0.05) is 12.8 Å². The molecule has 0 heterocycles. The van der Waals surface area contributed by atoms with Gasteiger partial charge in [0.15, 0.2) is 0 Å². The van der Waals surface area contributed by atoms with Gasteiger partial charge in [-0.2, -0.15) is 0 Å². The fourth-order valence-electron chi connectivity index (χ4n) is 11.7. The van der Waals surface area contributed by atoms with Gasteiger partial charge in [0.1, 0.15) is 0 Å². The van der Waals surface area contributed by atoms with Gasteiger partial charge >= 0.3 is 5.97 Å². The van der Waals surface area contributed by atoms with Gasteiger partial charge in [0.25, 0.3) is 0 Å². The fraction of sp³-hybridized carbons (Fsp3) is 0.870. The van der Waals surface area contributed by atoms with Crippen LogP contribution in [-0.4, -0.2) is 47.4 Å². The van der Waals surface area contributed by atoms with Crippen LogP contribution in [0.15, 0.2) is 48.6 Å². The number of ether oxygens (including phenoxy) is 1. The van der Waals surface area contributed by atoms with E-state index >= 15 is 0 Å². The first kappa shape index (κ1) is 80.8. The first-order chi connectivity index (χ1) is 41.0. The Morgan fingerprint density at radius 3 is 0.964 bits per heavy atom. The molecule has 0 aromatic heterocycles. The number of carbonyl (C=O) groups excluding carboxylic acids is 2. The molecule has 3 N–H and O–H groups in total. The Labute approximate surface area is 518 Å². The molecule has 488 valence electrons. The SMILES string of the molecule is CCC/C=C\C/C=C\CCCCCCCC(=O)OCCCCCCCCCCC/C=C\C/C=C\CCCCCCCCCCCCCCCCCCCC(=O)NC(CO)C(O)CCCCCCCCCCCCCCCCCCCCCC. The summed E-state index contributed by atoms with van der Waals surface area (Å²) in [6.45, 7) is 4.91. The zero-order valence-electron chi connectivity index (χ0n) is 55.9. The van der Waals surface area contributed by atoms with Crippen molar-refractivity contribution in [1.82, 2.24) is 5.32 Å². The van der Waals surface area contributed by atoms with Gasteiger partial charge in [-0.15, -0.1) is 0 Å². The van der Waals surface area contributed by atoms with Crippen molar-refractivity contribution < 1.29 is 24.5 Å². The summed E-state index contributed by atoms with van der Waals surface area (Å²) in [4.78, 5) is 24.6. The average molecular weight is 1170 g/mol. The van der Waals surface area contributed by atoms with Gasteiger partial charge in [-0.25, -0.2) is 0 Å². The minimum Gasteiger partial charge on any atom is -0.466 e. The lowest BCUT2D eigenvalue weighted by atomic mass is 10.0. The van der Waals surface area contributed by atoms with Gasteiger partial charge in [-0.3, -0.25) is 9.59 Å². The molecule has 0 aliphatic carbocycles. The standard InChI is InChI=1S/C77H145NO5/c1-3-5-7-9-11-13-15-17-18-19-20-36-39-42-46-49-53-57-61-65-69-75(80)74(73-79)78-76(81)70-66-62-58-54-50-47-43-40-37-34-32-30-28-26-24-22-21-23-25-27-29-31-33-35-38-41-44-48-52-56-60-64-68-72-83-77(82)71-67-63-59-55-51-45-16-14-12-10-8-6-4-2/h8,10,14,16,25,27,31,33,74-75,79-80H,3-7,9,11-13,15,17-24,26,28-30,32,34-73H2,1-2H3,(H,78,81)/b10-8-,16-14-,27-25-,33-31-. The van der Waals surface area contributed by atoms with Crippen LogP contribution < -0.4 is 5.32 Å². The molecule has 0 aliphatic rings. The maximum atomic E-state index is 12.6. The van der Waals surface area contributed by atoms with Crippen molar-refractivity contribution in [3.05, 3.63) is 48.6 Å². The molecule has 0 spiro atoms. The van der Waals surface area contributed by atoms with E-state index < -0.39 is 12.1 Å². The highest BCUT2D eigenvalue weighted by Crippen LogP contribution is 2.19. The Morgan fingerprint density at radius 2 is 0.627 bits per heavy atom. The summed E-state index contributed by atoms with van der Waals surface area (Å²) < 4.78 is 5.47. The second-order valence-corrected chi connectivity index (χ2v) is 25.6. The van der Waals surface area contributed by atoms with Crippen LogP contribution in [0.25, 0.3) is 0 Å². The van der Waals surface area contributed by atoms with Gasteiger partial charge in [0.2, 0.25) is 5.91 Å². The average Bonchev–Trinajstić information content (AvgIpc) is 3.49. The molecule has 0 aromatic rings. The Morgan fingerprint density at radius 1 is 0.337 bits per heavy atom. The lowest BCUT2D eigenvalue weighted by Gasteiger charge is -2.22.